The molecule has 1 unspecified atom stereocenters. The van der Waals surface area contributed by atoms with Gasteiger partial charge >= 0.3 is 12.0 Å². The number of carbonyl (C=O) groups is 3. The number of esters is 1. The first-order valence-electron chi connectivity index (χ1n) is 11.1. The molecule has 0 aliphatic carbocycles. The van der Waals surface area contributed by atoms with E-state index in [-0.39, 0.29) is 17.0 Å². The number of nitrogens with zero attached hydrogens (tertiary/aromatic N) is 2. The van der Waals surface area contributed by atoms with E-state index in [2.05, 4.69) is 15.6 Å². The number of fused-ring (bicyclic) bond motifs is 2. The van der Waals surface area contributed by atoms with Gasteiger partial charge in [0.25, 0.3) is 11.5 Å². The van der Waals surface area contributed by atoms with Gasteiger partial charge in [-0.3, -0.25) is 19.5 Å². The Kier molecular flexibility index (Phi) is 7.61. The van der Waals surface area contributed by atoms with E-state index in [1.807, 2.05) is 13.8 Å². The van der Waals surface area contributed by atoms with Crippen LogP contribution < -0.4 is 16.2 Å². The van der Waals surface area contributed by atoms with E-state index in [1.165, 1.54) is 19.1 Å². The highest BCUT2D eigenvalue weighted by atomic mass is 16.5. The third kappa shape index (κ3) is 5.72. The summed E-state index contributed by atoms with van der Waals surface area (Å²) < 4.78 is 6.94. The predicted molar refractivity (Wildman–Crippen MR) is 119 cm³/mol. The molecule has 2 aromatic rings. The van der Waals surface area contributed by atoms with Crippen LogP contribution in [0.15, 0.2) is 23.0 Å². The Hall–Kier alpha value is -3.23. The largest absolute Gasteiger partial charge is 0.449 e. The topological polar surface area (TPSA) is 119 Å². The van der Waals surface area contributed by atoms with Crippen molar-refractivity contribution in [1.82, 2.24) is 20.2 Å². The fraction of sp³-hybridized carbons (Fsp3) is 0.522. The average molecular weight is 443 g/mol. The first-order chi connectivity index (χ1) is 15.3. The van der Waals surface area contributed by atoms with Crippen LogP contribution in [0.2, 0.25) is 0 Å². The molecule has 9 nitrogen and oxygen atoms in total. The number of amides is 3. The molecule has 0 fully saturated rings. The highest BCUT2D eigenvalue weighted by molar-refractivity contribution is 5.99. The van der Waals surface area contributed by atoms with Gasteiger partial charge in [-0.25, -0.2) is 14.6 Å². The van der Waals surface area contributed by atoms with Crippen LogP contribution >= 0.6 is 0 Å². The average Bonchev–Trinajstić information content (AvgIpc) is 2.73. The molecule has 1 atom stereocenters. The number of hydrogen-bond acceptors (Lipinski definition) is 6. The number of ether oxygens (including phenoxy) is 1. The molecule has 2 heterocycles. The van der Waals surface area contributed by atoms with Crippen molar-refractivity contribution < 1.29 is 19.1 Å². The number of nitrogens with one attached hydrogen (secondary N) is 2. The fourth-order valence-electron chi connectivity index (χ4n) is 3.56. The second-order valence-electron chi connectivity index (χ2n) is 8.52. The van der Waals surface area contributed by atoms with Crippen LogP contribution in [0, 0.1) is 5.92 Å². The molecular formula is C23H30N4O5. The second-order valence-corrected chi connectivity index (χ2v) is 8.52. The SMILES string of the molecule is CC(C)CNC(=O)NC(=O)C(C)OC(=O)c1ccc2c(=O)n3c(nc2c1)CCCCCC3. The van der Waals surface area contributed by atoms with Gasteiger partial charge in [0.1, 0.15) is 5.82 Å². The van der Waals surface area contributed by atoms with Crippen molar-refractivity contribution in [2.24, 2.45) is 5.92 Å². The van der Waals surface area contributed by atoms with E-state index in [1.54, 1.807) is 10.6 Å². The number of hydrogen-bond donors (Lipinski definition) is 2. The van der Waals surface area contributed by atoms with E-state index in [9.17, 15) is 19.2 Å². The Balaban J connectivity index is 1.72. The number of imide groups is 1. The summed E-state index contributed by atoms with van der Waals surface area (Å²) in [5, 5.41) is 5.15. The van der Waals surface area contributed by atoms with Crippen LogP contribution in [0.1, 0.15) is 62.6 Å². The Bertz CT molecular complexity index is 1080. The zero-order valence-corrected chi connectivity index (χ0v) is 18.8. The van der Waals surface area contributed by atoms with Crippen LogP contribution in [0.25, 0.3) is 10.9 Å². The van der Waals surface area contributed by atoms with E-state index in [0.717, 1.165) is 37.9 Å². The maximum absolute atomic E-state index is 12.9. The second kappa shape index (κ2) is 10.4. The standard InChI is InChI=1S/C23H30N4O5/c1-14(2)13-24-23(31)26-20(28)15(3)32-22(30)16-9-10-17-18(12-16)25-19-8-6-4-5-7-11-27(19)21(17)29/h9-10,12,14-15H,4-8,11,13H2,1-3H3,(H2,24,26,28,31). The molecule has 3 amide bonds. The Morgan fingerprint density at radius 3 is 2.62 bits per heavy atom. The number of carbonyl (C=O) groups excluding carboxylic acids is 3. The molecule has 0 spiro atoms. The number of benzene rings is 1. The van der Waals surface area contributed by atoms with Gasteiger partial charge in [0.05, 0.1) is 16.5 Å². The highest BCUT2D eigenvalue weighted by Crippen LogP contribution is 2.17. The molecule has 1 aromatic heterocycles. The molecule has 0 saturated heterocycles. The van der Waals surface area contributed by atoms with Crippen molar-refractivity contribution >= 4 is 28.8 Å². The van der Waals surface area contributed by atoms with Gasteiger partial charge in [-0.1, -0.05) is 26.7 Å². The molecule has 2 N–H and O–H groups in total. The molecular weight excluding hydrogens is 412 g/mol. The Morgan fingerprint density at radius 1 is 1.12 bits per heavy atom. The van der Waals surface area contributed by atoms with Crippen LogP contribution in [0.5, 0.6) is 0 Å². The summed E-state index contributed by atoms with van der Waals surface area (Å²) in [6.07, 6.45) is 3.67. The monoisotopic (exact) mass is 442 g/mol. The van der Waals surface area contributed by atoms with Gasteiger partial charge in [-0.2, -0.15) is 0 Å². The summed E-state index contributed by atoms with van der Waals surface area (Å²) >= 11 is 0. The van der Waals surface area contributed by atoms with Gasteiger partial charge in [-0.05, 0) is 43.9 Å². The highest BCUT2D eigenvalue weighted by Gasteiger charge is 2.22. The molecule has 9 heteroatoms. The molecule has 1 aromatic carbocycles. The fourth-order valence-corrected chi connectivity index (χ4v) is 3.56. The molecule has 172 valence electrons. The molecule has 0 bridgehead atoms. The number of aryl methyl sites for hydroxylation is 1. The van der Waals surface area contributed by atoms with E-state index >= 15 is 0 Å². The maximum Gasteiger partial charge on any atom is 0.338 e. The lowest BCUT2D eigenvalue weighted by molar-refractivity contribution is -0.127. The van der Waals surface area contributed by atoms with Gasteiger partial charge in [-0.15, -0.1) is 0 Å². The van der Waals surface area contributed by atoms with Crippen LogP contribution in [0.4, 0.5) is 4.79 Å². The maximum atomic E-state index is 12.9. The Morgan fingerprint density at radius 2 is 1.88 bits per heavy atom. The van der Waals surface area contributed by atoms with Crippen molar-refractivity contribution in [2.45, 2.75) is 65.5 Å². The number of aromatic nitrogens is 2. The minimum Gasteiger partial charge on any atom is -0.449 e. The molecule has 3 rings (SSSR count). The summed E-state index contributed by atoms with van der Waals surface area (Å²) in [7, 11) is 0. The zero-order valence-electron chi connectivity index (χ0n) is 18.8. The predicted octanol–water partition coefficient (Wildman–Crippen LogP) is 2.54. The third-order valence-electron chi connectivity index (χ3n) is 5.36. The van der Waals surface area contributed by atoms with Crippen molar-refractivity contribution in [3.05, 3.63) is 39.9 Å². The summed E-state index contributed by atoms with van der Waals surface area (Å²) in [4.78, 5) is 54.0. The molecule has 0 radical (unpaired) electrons. The quantitative estimate of drug-likeness (QED) is 0.687. The van der Waals surface area contributed by atoms with Gasteiger partial charge in [0.15, 0.2) is 6.10 Å². The van der Waals surface area contributed by atoms with E-state index in [4.69, 9.17) is 4.74 Å². The van der Waals surface area contributed by atoms with Crippen LogP contribution in [-0.4, -0.2) is 40.1 Å². The van der Waals surface area contributed by atoms with Crippen LogP contribution in [-0.2, 0) is 22.5 Å². The number of rotatable bonds is 5. The molecule has 32 heavy (non-hydrogen) atoms. The summed E-state index contributed by atoms with van der Waals surface area (Å²) in [5.41, 5.74) is 0.512. The molecule has 1 aliphatic rings. The normalized spacial score (nSPS) is 14.8. The minimum atomic E-state index is -1.17. The van der Waals surface area contributed by atoms with Gasteiger partial charge in [0.2, 0.25) is 0 Å². The van der Waals surface area contributed by atoms with Crippen molar-refractivity contribution in [1.29, 1.82) is 0 Å². The van der Waals surface area contributed by atoms with Crippen molar-refractivity contribution in [3.8, 4) is 0 Å². The first kappa shape index (κ1) is 23.4. The summed E-state index contributed by atoms with van der Waals surface area (Å²) in [5.74, 6) is -0.489. The molecule has 0 saturated carbocycles. The third-order valence-corrected chi connectivity index (χ3v) is 5.36. The molecule has 1 aliphatic heterocycles. The van der Waals surface area contributed by atoms with E-state index < -0.39 is 24.0 Å². The minimum absolute atomic E-state index is 0.105. The van der Waals surface area contributed by atoms with E-state index in [0.29, 0.717) is 24.0 Å². The smallest absolute Gasteiger partial charge is 0.338 e. The van der Waals surface area contributed by atoms with Crippen molar-refractivity contribution in [3.63, 3.8) is 0 Å². The zero-order chi connectivity index (χ0) is 23.3. The van der Waals surface area contributed by atoms with Gasteiger partial charge in [0, 0.05) is 19.5 Å². The summed E-state index contributed by atoms with van der Waals surface area (Å²) in [6.45, 7) is 6.31. The van der Waals surface area contributed by atoms with Crippen molar-refractivity contribution in [2.75, 3.05) is 6.54 Å². The Labute approximate surface area is 186 Å². The lowest BCUT2D eigenvalue weighted by atomic mass is 10.1. The summed E-state index contributed by atoms with van der Waals surface area (Å²) in [6, 6.07) is 3.93. The lowest BCUT2D eigenvalue weighted by Crippen LogP contribution is -2.45. The first-order valence-corrected chi connectivity index (χ1v) is 11.1. The number of urea groups is 1. The van der Waals surface area contributed by atoms with Gasteiger partial charge < -0.3 is 10.1 Å². The van der Waals surface area contributed by atoms with Crippen LogP contribution in [0.3, 0.4) is 0 Å². The lowest BCUT2D eigenvalue weighted by Gasteiger charge is -2.17.